The second-order valence-electron chi connectivity index (χ2n) is 5.30. The molecule has 5 nitrogen and oxygen atoms in total. The van der Waals surface area contributed by atoms with Gasteiger partial charge in [0, 0.05) is 6.54 Å². The number of hydrogen-bond acceptors (Lipinski definition) is 4. The number of rotatable bonds is 6. The lowest BCUT2D eigenvalue weighted by molar-refractivity contribution is -0.129. The minimum atomic E-state index is -0.850. The van der Waals surface area contributed by atoms with E-state index in [2.05, 4.69) is 27.3 Å². The van der Waals surface area contributed by atoms with E-state index in [1.165, 1.54) is 24.5 Å². The van der Waals surface area contributed by atoms with Crippen LogP contribution in [-0.4, -0.2) is 24.5 Å². The van der Waals surface area contributed by atoms with Crippen LogP contribution in [-0.2, 0) is 9.53 Å². The Morgan fingerprint density at radius 2 is 2.23 bits per heavy atom. The normalized spacial score (nSPS) is 15.8. The minimum Gasteiger partial charge on any atom is -0.447 e. The van der Waals surface area contributed by atoms with Crippen LogP contribution in [0, 0.1) is 0 Å². The van der Waals surface area contributed by atoms with Crippen LogP contribution in [0.25, 0.3) is 0 Å². The number of carbonyl (C=O) groups is 2. The van der Waals surface area contributed by atoms with Crippen molar-refractivity contribution in [3.05, 3.63) is 34.2 Å². The molecule has 0 bridgehead atoms. The van der Waals surface area contributed by atoms with Gasteiger partial charge in [0.05, 0.1) is 0 Å². The summed E-state index contributed by atoms with van der Waals surface area (Å²) in [7, 11) is 0. The van der Waals surface area contributed by atoms with Gasteiger partial charge in [0.25, 0.3) is 5.91 Å². The lowest BCUT2D eigenvalue weighted by Crippen LogP contribution is -2.36. The fourth-order valence-corrected chi connectivity index (χ4v) is 2.62. The van der Waals surface area contributed by atoms with E-state index in [1.54, 1.807) is 13.0 Å². The Bertz CT molecular complexity index is 564. The van der Waals surface area contributed by atoms with E-state index in [4.69, 9.17) is 9.15 Å². The van der Waals surface area contributed by atoms with Gasteiger partial charge in [-0.1, -0.05) is 11.6 Å². The van der Waals surface area contributed by atoms with Crippen LogP contribution in [0.15, 0.2) is 32.9 Å². The highest BCUT2D eigenvalue weighted by Gasteiger charge is 2.20. The monoisotopic (exact) mass is 369 g/mol. The molecule has 1 amide bonds. The second kappa shape index (κ2) is 8.17. The van der Waals surface area contributed by atoms with E-state index in [1.807, 2.05) is 0 Å². The molecule has 22 heavy (non-hydrogen) atoms. The molecule has 1 heterocycles. The van der Waals surface area contributed by atoms with Crippen LogP contribution in [0.5, 0.6) is 0 Å². The molecule has 0 radical (unpaired) electrons. The van der Waals surface area contributed by atoms with Crippen LogP contribution in [0.4, 0.5) is 0 Å². The van der Waals surface area contributed by atoms with Crippen LogP contribution >= 0.6 is 15.9 Å². The number of hydrogen-bond donors (Lipinski definition) is 1. The molecule has 1 N–H and O–H groups in total. The van der Waals surface area contributed by atoms with Crippen molar-refractivity contribution in [2.75, 3.05) is 6.54 Å². The lowest BCUT2D eigenvalue weighted by Gasteiger charge is -2.15. The highest BCUT2D eigenvalue weighted by atomic mass is 79.9. The van der Waals surface area contributed by atoms with Gasteiger partial charge in [0.2, 0.25) is 5.76 Å². The van der Waals surface area contributed by atoms with E-state index in [9.17, 15) is 9.59 Å². The number of esters is 1. The average molecular weight is 370 g/mol. The lowest BCUT2D eigenvalue weighted by atomic mass is 9.97. The van der Waals surface area contributed by atoms with E-state index in [0.717, 1.165) is 19.3 Å². The van der Waals surface area contributed by atoms with Crippen LogP contribution in [0.3, 0.4) is 0 Å². The summed E-state index contributed by atoms with van der Waals surface area (Å²) in [6, 6.07) is 3.09. The Balaban J connectivity index is 1.72. The zero-order chi connectivity index (χ0) is 15.9. The summed E-state index contributed by atoms with van der Waals surface area (Å²) in [4.78, 5) is 23.7. The summed E-state index contributed by atoms with van der Waals surface area (Å²) in [6.45, 7) is 2.12. The molecule has 1 aromatic rings. The summed E-state index contributed by atoms with van der Waals surface area (Å²) in [5.74, 6) is -0.877. The molecule has 0 aliphatic heterocycles. The molecular formula is C16H20BrNO4. The molecule has 0 aromatic carbocycles. The average Bonchev–Trinajstić information content (AvgIpc) is 2.95. The van der Waals surface area contributed by atoms with Crippen LogP contribution in [0.2, 0.25) is 0 Å². The number of furan rings is 1. The number of halogens is 1. The number of carbonyl (C=O) groups excluding carboxylic acids is 2. The fourth-order valence-electron chi connectivity index (χ4n) is 2.32. The van der Waals surface area contributed by atoms with Crippen LogP contribution < -0.4 is 5.32 Å². The fraction of sp³-hybridized carbons (Fsp3) is 0.500. The molecule has 0 spiro atoms. The van der Waals surface area contributed by atoms with Gasteiger partial charge in [-0.15, -0.1) is 0 Å². The first-order chi connectivity index (χ1) is 10.6. The molecule has 0 saturated heterocycles. The smallest absolute Gasteiger partial charge is 0.375 e. The quantitative estimate of drug-likeness (QED) is 0.614. The summed E-state index contributed by atoms with van der Waals surface area (Å²) >= 11 is 3.11. The largest absolute Gasteiger partial charge is 0.447 e. The molecule has 6 heteroatoms. The SMILES string of the molecule is C[C@@H](OC(=O)c1ccc(Br)o1)C(=O)NCCC1=CCCCC1. The first kappa shape index (κ1) is 16.8. The molecule has 1 aliphatic carbocycles. The zero-order valence-corrected chi connectivity index (χ0v) is 14.1. The highest BCUT2D eigenvalue weighted by molar-refractivity contribution is 9.10. The van der Waals surface area contributed by atoms with E-state index >= 15 is 0 Å². The van der Waals surface area contributed by atoms with Gasteiger partial charge in [-0.2, -0.15) is 0 Å². The maximum absolute atomic E-state index is 11.9. The van der Waals surface area contributed by atoms with Crippen molar-refractivity contribution in [2.45, 2.75) is 45.1 Å². The molecular weight excluding hydrogens is 350 g/mol. The van der Waals surface area contributed by atoms with Gasteiger partial charge < -0.3 is 14.5 Å². The Hall–Kier alpha value is -1.56. The molecule has 1 aromatic heterocycles. The zero-order valence-electron chi connectivity index (χ0n) is 12.6. The van der Waals surface area contributed by atoms with Gasteiger partial charge in [-0.05, 0) is 67.1 Å². The molecule has 0 fully saturated rings. The van der Waals surface area contributed by atoms with Crippen molar-refractivity contribution >= 4 is 27.8 Å². The predicted molar refractivity (Wildman–Crippen MR) is 85.5 cm³/mol. The molecule has 1 atom stereocenters. The standard InChI is InChI=1S/C16H20BrNO4/c1-11(21-16(20)13-7-8-14(17)22-13)15(19)18-10-9-12-5-3-2-4-6-12/h5,7-8,11H,2-4,6,9-10H2,1H3,(H,18,19)/t11-/m1/s1. The summed E-state index contributed by atoms with van der Waals surface area (Å²) in [5.41, 5.74) is 1.40. The number of allylic oxidation sites excluding steroid dienone is 1. The van der Waals surface area contributed by atoms with Crippen molar-refractivity contribution in [1.82, 2.24) is 5.32 Å². The van der Waals surface area contributed by atoms with Gasteiger partial charge in [0.1, 0.15) is 0 Å². The second-order valence-corrected chi connectivity index (χ2v) is 6.08. The molecule has 1 aliphatic rings. The van der Waals surface area contributed by atoms with Gasteiger partial charge in [0.15, 0.2) is 10.8 Å². The Kier molecular flexibility index (Phi) is 6.24. The van der Waals surface area contributed by atoms with Crippen molar-refractivity contribution in [3.63, 3.8) is 0 Å². The third kappa shape index (κ3) is 5.02. The first-order valence-corrected chi connectivity index (χ1v) is 8.27. The van der Waals surface area contributed by atoms with E-state index < -0.39 is 12.1 Å². The van der Waals surface area contributed by atoms with E-state index in [-0.39, 0.29) is 11.7 Å². The Labute approximate surface area is 138 Å². The van der Waals surface area contributed by atoms with Gasteiger partial charge >= 0.3 is 5.97 Å². The number of nitrogens with one attached hydrogen (secondary N) is 1. The van der Waals surface area contributed by atoms with Crippen molar-refractivity contribution < 1.29 is 18.7 Å². The first-order valence-electron chi connectivity index (χ1n) is 7.48. The topological polar surface area (TPSA) is 68.5 Å². The van der Waals surface area contributed by atoms with E-state index in [0.29, 0.717) is 11.2 Å². The molecule has 0 unspecified atom stereocenters. The molecule has 2 rings (SSSR count). The highest BCUT2D eigenvalue weighted by Crippen LogP contribution is 2.19. The third-order valence-corrected chi connectivity index (χ3v) is 3.98. The summed E-state index contributed by atoms with van der Waals surface area (Å²) in [6.07, 6.45) is 7.00. The Morgan fingerprint density at radius 3 is 2.86 bits per heavy atom. The minimum absolute atomic E-state index is 0.0684. The number of ether oxygens (including phenoxy) is 1. The van der Waals surface area contributed by atoms with Gasteiger partial charge in [-0.25, -0.2) is 4.79 Å². The van der Waals surface area contributed by atoms with Crippen molar-refractivity contribution in [2.24, 2.45) is 0 Å². The molecule has 0 saturated carbocycles. The van der Waals surface area contributed by atoms with Crippen molar-refractivity contribution in [1.29, 1.82) is 0 Å². The maximum Gasteiger partial charge on any atom is 0.375 e. The summed E-state index contributed by atoms with van der Waals surface area (Å²) < 4.78 is 10.6. The predicted octanol–water partition coefficient (Wildman–Crippen LogP) is 3.59. The summed E-state index contributed by atoms with van der Waals surface area (Å²) in [5, 5.41) is 2.79. The van der Waals surface area contributed by atoms with Crippen molar-refractivity contribution in [3.8, 4) is 0 Å². The third-order valence-electron chi connectivity index (χ3n) is 3.56. The maximum atomic E-state index is 11.9. The molecule has 120 valence electrons. The van der Waals surface area contributed by atoms with Gasteiger partial charge in [-0.3, -0.25) is 4.79 Å². The number of amides is 1. The Morgan fingerprint density at radius 1 is 1.41 bits per heavy atom. The van der Waals surface area contributed by atoms with Crippen LogP contribution in [0.1, 0.15) is 49.6 Å².